The molecule has 2 heterocycles. The SMILES string of the molecule is CC1(C)OB(c2ccc(C[C@H](NC(=O)c3ccc4ccccc4n3)C(N)=O)cc2)OC1(C)C. The van der Waals surface area contributed by atoms with Crippen molar-refractivity contribution in [3.8, 4) is 0 Å². The van der Waals surface area contributed by atoms with Gasteiger partial charge in [0.2, 0.25) is 5.91 Å². The Morgan fingerprint density at radius 2 is 1.61 bits per heavy atom. The van der Waals surface area contributed by atoms with Gasteiger partial charge in [-0.05, 0) is 50.9 Å². The van der Waals surface area contributed by atoms with E-state index in [1.165, 1.54) is 0 Å². The summed E-state index contributed by atoms with van der Waals surface area (Å²) in [4.78, 5) is 29.2. The number of carbonyl (C=O) groups excluding carboxylic acids is 2. The van der Waals surface area contributed by atoms with Gasteiger partial charge in [-0.1, -0.05) is 48.5 Å². The van der Waals surface area contributed by atoms with E-state index in [9.17, 15) is 9.59 Å². The topological polar surface area (TPSA) is 104 Å². The third-order valence-electron chi connectivity index (χ3n) is 6.42. The second-order valence-corrected chi connectivity index (χ2v) is 9.35. The summed E-state index contributed by atoms with van der Waals surface area (Å²) < 4.78 is 12.2. The normalized spacial score (nSPS) is 17.6. The zero-order chi connectivity index (χ0) is 23.8. The van der Waals surface area contributed by atoms with Gasteiger partial charge in [-0.2, -0.15) is 0 Å². The molecule has 1 fully saturated rings. The molecule has 2 amide bonds. The number of rotatable bonds is 6. The van der Waals surface area contributed by atoms with E-state index in [4.69, 9.17) is 15.0 Å². The number of aromatic nitrogens is 1. The standard InChI is InChI=1S/C25H28BN3O4/c1-24(2)25(3,4)33-26(32-24)18-12-9-16(10-13-18)15-21(22(27)30)29-23(31)20-14-11-17-7-5-6-8-19(17)28-20/h5-14,21H,15H2,1-4H3,(H2,27,30)(H,29,31)/t21-/m0/s1. The van der Waals surface area contributed by atoms with Crippen molar-refractivity contribution in [2.24, 2.45) is 5.73 Å². The number of benzene rings is 2. The van der Waals surface area contributed by atoms with Crippen LogP contribution in [-0.4, -0.2) is 41.2 Å². The average molecular weight is 445 g/mol. The Kier molecular flexibility index (Phi) is 5.99. The van der Waals surface area contributed by atoms with Gasteiger partial charge in [-0.3, -0.25) is 9.59 Å². The molecular weight excluding hydrogens is 417 g/mol. The molecule has 0 aliphatic carbocycles. The lowest BCUT2D eigenvalue weighted by atomic mass is 9.78. The van der Waals surface area contributed by atoms with Gasteiger partial charge in [0.1, 0.15) is 11.7 Å². The van der Waals surface area contributed by atoms with Crippen LogP contribution in [-0.2, 0) is 20.5 Å². The van der Waals surface area contributed by atoms with Crippen molar-refractivity contribution in [1.82, 2.24) is 10.3 Å². The number of carbonyl (C=O) groups is 2. The molecule has 33 heavy (non-hydrogen) atoms. The summed E-state index contributed by atoms with van der Waals surface area (Å²) in [6, 6.07) is 17.7. The Balaban J connectivity index is 1.44. The third-order valence-corrected chi connectivity index (χ3v) is 6.42. The molecule has 3 aromatic rings. The van der Waals surface area contributed by atoms with E-state index >= 15 is 0 Å². The summed E-state index contributed by atoms with van der Waals surface area (Å²) in [6.07, 6.45) is 0.262. The lowest BCUT2D eigenvalue weighted by Crippen LogP contribution is -2.46. The quantitative estimate of drug-likeness (QED) is 0.567. The fraction of sp³-hybridized carbons (Fsp3) is 0.320. The number of hydrogen-bond donors (Lipinski definition) is 2. The van der Waals surface area contributed by atoms with Gasteiger partial charge in [0, 0.05) is 11.8 Å². The number of primary amides is 1. The van der Waals surface area contributed by atoms with Gasteiger partial charge in [-0.25, -0.2) is 4.98 Å². The van der Waals surface area contributed by atoms with Crippen molar-refractivity contribution >= 4 is 35.3 Å². The van der Waals surface area contributed by atoms with Crippen LogP contribution >= 0.6 is 0 Å². The highest BCUT2D eigenvalue weighted by Gasteiger charge is 2.51. The number of amides is 2. The molecule has 4 rings (SSSR count). The molecule has 3 N–H and O–H groups in total. The van der Waals surface area contributed by atoms with Crippen molar-refractivity contribution in [2.75, 3.05) is 0 Å². The Labute approximate surface area is 193 Å². The summed E-state index contributed by atoms with van der Waals surface area (Å²) in [6.45, 7) is 8.02. The van der Waals surface area contributed by atoms with Crippen molar-refractivity contribution in [3.63, 3.8) is 0 Å². The van der Waals surface area contributed by atoms with Crippen LogP contribution < -0.4 is 16.5 Å². The minimum atomic E-state index is -0.867. The zero-order valence-electron chi connectivity index (χ0n) is 19.3. The molecule has 7 nitrogen and oxygen atoms in total. The molecule has 0 spiro atoms. The van der Waals surface area contributed by atoms with Crippen LogP contribution in [0.5, 0.6) is 0 Å². The molecule has 1 aliphatic rings. The largest absolute Gasteiger partial charge is 0.494 e. The highest BCUT2D eigenvalue weighted by Crippen LogP contribution is 2.36. The predicted octanol–water partition coefficient (Wildman–Crippen LogP) is 2.36. The van der Waals surface area contributed by atoms with E-state index in [2.05, 4.69) is 10.3 Å². The van der Waals surface area contributed by atoms with E-state index in [0.717, 1.165) is 16.4 Å². The van der Waals surface area contributed by atoms with Crippen LogP contribution in [0.1, 0.15) is 43.7 Å². The summed E-state index contributed by atoms with van der Waals surface area (Å²) in [5, 5.41) is 3.64. The van der Waals surface area contributed by atoms with Crippen LogP contribution in [0.2, 0.25) is 0 Å². The summed E-state index contributed by atoms with van der Waals surface area (Å²) >= 11 is 0. The van der Waals surface area contributed by atoms with Crippen molar-refractivity contribution in [2.45, 2.75) is 51.4 Å². The number of nitrogens with zero attached hydrogens (tertiary/aromatic N) is 1. The molecule has 0 saturated carbocycles. The number of fused-ring (bicyclic) bond motifs is 1. The van der Waals surface area contributed by atoms with Crippen LogP contribution in [0.4, 0.5) is 0 Å². The summed E-state index contributed by atoms with van der Waals surface area (Å²) in [7, 11) is -0.463. The first-order valence-electron chi connectivity index (χ1n) is 11.0. The number of hydrogen-bond acceptors (Lipinski definition) is 5. The molecule has 1 saturated heterocycles. The minimum absolute atomic E-state index is 0.232. The summed E-state index contributed by atoms with van der Waals surface area (Å²) in [5.74, 6) is -1.06. The summed E-state index contributed by atoms with van der Waals surface area (Å²) in [5.41, 5.74) is 7.41. The predicted molar refractivity (Wildman–Crippen MR) is 128 cm³/mol. The van der Waals surface area contributed by atoms with Gasteiger partial charge in [0.05, 0.1) is 16.7 Å². The minimum Gasteiger partial charge on any atom is -0.399 e. The van der Waals surface area contributed by atoms with Crippen molar-refractivity contribution < 1.29 is 18.9 Å². The van der Waals surface area contributed by atoms with Crippen LogP contribution in [0.25, 0.3) is 10.9 Å². The van der Waals surface area contributed by atoms with E-state index in [0.29, 0.717) is 5.52 Å². The lowest BCUT2D eigenvalue weighted by Gasteiger charge is -2.32. The van der Waals surface area contributed by atoms with E-state index in [-0.39, 0.29) is 12.1 Å². The smallest absolute Gasteiger partial charge is 0.399 e. The number of para-hydroxylation sites is 1. The van der Waals surface area contributed by atoms with Gasteiger partial charge in [0.25, 0.3) is 5.91 Å². The fourth-order valence-corrected chi connectivity index (χ4v) is 3.67. The van der Waals surface area contributed by atoms with Crippen molar-refractivity contribution in [1.29, 1.82) is 0 Å². The number of nitrogens with two attached hydrogens (primary N) is 1. The van der Waals surface area contributed by atoms with E-state index < -0.39 is 36.2 Å². The molecule has 0 radical (unpaired) electrons. The molecule has 1 atom stereocenters. The van der Waals surface area contributed by atoms with E-state index in [1.54, 1.807) is 6.07 Å². The third kappa shape index (κ3) is 4.77. The second-order valence-electron chi connectivity index (χ2n) is 9.35. The Hall–Kier alpha value is -3.23. The monoisotopic (exact) mass is 445 g/mol. The number of pyridine rings is 1. The molecular formula is C25H28BN3O4. The molecule has 170 valence electrons. The van der Waals surface area contributed by atoms with Crippen molar-refractivity contribution in [3.05, 3.63) is 71.9 Å². The maximum absolute atomic E-state index is 12.7. The van der Waals surface area contributed by atoms with Crippen LogP contribution in [0, 0.1) is 0 Å². The highest BCUT2D eigenvalue weighted by molar-refractivity contribution is 6.62. The average Bonchev–Trinajstić information content (AvgIpc) is 3.00. The molecule has 8 heteroatoms. The van der Waals surface area contributed by atoms with Crippen LogP contribution in [0.3, 0.4) is 0 Å². The lowest BCUT2D eigenvalue weighted by molar-refractivity contribution is -0.119. The maximum atomic E-state index is 12.7. The maximum Gasteiger partial charge on any atom is 0.494 e. The molecule has 0 bridgehead atoms. The fourth-order valence-electron chi connectivity index (χ4n) is 3.67. The van der Waals surface area contributed by atoms with Gasteiger partial charge < -0.3 is 20.4 Å². The first kappa shape index (κ1) is 23.0. The Bertz CT molecular complexity index is 1180. The van der Waals surface area contributed by atoms with Gasteiger partial charge in [0.15, 0.2) is 0 Å². The van der Waals surface area contributed by atoms with Gasteiger partial charge in [-0.15, -0.1) is 0 Å². The van der Waals surface area contributed by atoms with E-state index in [1.807, 2.05) is 82.3 Å². The molecule has 1 aromatic heterocycles. The van der Waals surface area contributed by atoms with Crippen LogP contribution in [0.15, 0.2) is 60.7 Å². The molecule has 0 unspecified atom stereocenters. The second kappa shape index (κ2) is 8.61. The zero-order valence-corrected chi connectivity index (χ0v) is 19.3. The van der Waals surface area contributed by atoms with Gasteiger partial charge >= 0.3 is 7.12 Å². The highest BCUT2D eigenvalue weighted by atomic mass is 16.7. The molecule has 2 aromatic carbocycles. The first-order chi connectivity index (χ1) is 15.6. The first-order valence-corrected chi connectivity index (χ1v) is 11.0. The Morgan fingerprint density at radius 1 is 0.970 bits per heavy atom. The Morgan fingerprint density at radius 3 is 2.24 bits per heavy atom. The number of nitrogens with one attached hydrogen (secondary N) is 1. The molecule has 1 aliphatic heterocycles.